The van der Waals surface area contributed by atoms with Gasteiger partial charge in [-0.1, -0.05) is 34.8 Å². The Hall–Kier alpha value is 0.820. The van der Waals surface area contributed by atoms with Crippen LogP contribution in [0.2, 0.25) is 0 Å². The van der Waals surface area contributed by atoms with Crippen molar-refractivity contribution in [3.8, 4) is 0 Å². The molecule has 42 valence electrons. The number of halogens is 1. The molecule has 0 N–H and O–H groups in total. The molecule has 0 aromatic heterocycles. The lowest BCUT2D eigenvalue weighted by molar-refractivity contribution is 0.865. The molecule has 0 unspecified atom stereocenters. The summed E-state index contributed by atoms with van der Waals surface area (Å²) in [4.78, 5) is 0. The van der Waals surface area contributed by atoms with Gasteiger partial charge in [0.05, 0.1) is 0 Å². The first kappa shape index (κ1) is 7.82. The number of rotatable bonds is 4. The van der Waals surface area contributed by atoms with Crippen molar-refractivity contribution < 1.29 is 0 Å². The molecule has 7 heavy (non-hydrogen) atoms. The Morgan fingerprint density at radius 1 is 1.43 bits per heavy atom. The minimum Gasteiger partial charge on any atom is -0.0935 e. The van der Waals surface area contributed by atoms with Crippen molar-refractivity contribution in [2.24, 2.45) is 0 Å². The molecule has 0 rings (SSSR count). The molecule has 0 radical (unpaired) electrons. The molecule has 0 saturated carbocycles. The van der Waals surface area contributed by atoms with Crippen LogP contribution in [0.3, 0.4) is 0 Å². The van der Waals surface area contributed by atoms with Gasteiger partial charge in [-0.05, 0) is 29.1 Å². The summed E-state index contributed by atoms with van der Waals surface area (Å²) in [6.07, 6.45) is 3.69. The first-order chi connectivity index (χ1) is 3.41. The zero-order chi connectivity index (χ0) is 5.54. The molecule has 0 bridgehead atoms. The van der Waals surface area contributed by atoms with Crippen LogP contribution >= 0.6 is 34.8 Å². The molecule has 0 fully saturated rings. The van der Waals surface area contributed by atoms with E-state index in [-0.39, 0.29) is 0 Å². The molecule has 2 heteroatoms. The van der Waals surface area contributed by atoms with Crippen LogP contribution in [0, 0.1) is 0 Å². The van der Waals surface area contributed by atoms with Crippen LogP contribution in [0.1, 0.15) is 19.3 Å². The molecule has 0 amide bonds. The first-order valence-corrected chi connectivity index (χ1v) is 4.41. The van der Waals surface area contributed by atoms with Crippen LogP contribution in [0.5, 0.6) is 0 Å². The van der Waals surface area contributed by atoms with Crippen LogP contribution in [-0.4, -0.2) is 9.80 Å². The van der Waals surface area contributed by atoms with Gasteiger partial charge in [-0.3, -0.25) is 0 Å². The molecule has 0 nitrogen and oxygen atoms in total. The normalized spacial score (nSPS) is 8.71. The van der Waals surface area contributed by atoms with Crippen LogP contribution < -0.4 is 0 Å². The summed E-state index contributed by atoms with van der Waals surface area (Å²) in [5.41, 5.74) is 0. The van der Waals surface area contributed by atoms with Crippen molar-refractivity contribution in [1.29, 1.82) is 0 Å². The van der Waals surface area contributed by atoms with E-state index in [1.54, 1.807) is 0 Å². The average molecular weight is 228 g/mol. The largest absolute Gasteiger partial charge is 0.0935 e. The summed E-state index contributed by atoms with van der Waals surface area (Å²) in [5.74, 6) is 0. The highest BCUT2D eigenvalue weighted by atomic mass is 127. The third kappa shape index (κ3) is 6.82. The van der Waals surface area contributed by atoms with Crippen molar-refractivity contribution >= 4 is 40.2 Å². The van der Waals surface area contributed by atoms with E-state index in [0.717, 1.165) is 6.42 Å². The average Bonchev–Trinajstić information content (AvgIpc) is 1.69. The Morgan fingerprint density at radius 2 is 2.14 bits per heavy atom. The maximum atomic E-state index is 4.64. The Kier molecular flexibility index (Phi) is 7.62. The van der Waals surface area contributed by atoms with Crippen molar-refractivity contribution in [2.45, 2.75) is 19.3 Å². The van der Waals surface area contributed by atoms with Crippen LogP contribution in [0.4, 0.5) is 0 Å². The number of hydrogen-bond donors (Lipinski definition) is 0. The van der Waals surface area contributed by atoms with Gasteiger partial charge in [-0.15, -0.1) is 0 Å². The molecular formula is C5H9IS. The van der Waals surface area contributed by atoms with Gasteiger partial charge in [0, 0.05) is 0 Å². The highest BCUT2D eigenvalue weighted by molar-refractivity contribution is 14.1. The zero-order valence-electron chi connectivity index (χ0n) is 4.19. The van der Waals surface area contributed by atoms with Gasteiger partial charge in [-0.2, -0.15) is 0 Å². The van der Waals surface area contributed by atoms with Gasteiger partial charge in [0.1, 0.15) is 0 Å². The van der Waals surface area contributed by atoms with E-state index in [2.05, 4.69) is 34.8 Å². The van der Waals surface area contributed by atoms with Gasteiger partial charge in [0.15, 0.2) is 0 Å². The van der Waals surface area contributed by atoms with E-state index < -0.39 is 0 Å². The van der Waals surface area contributed by atoms with Crippen LogP contribution in [0.15, 0.2) is 0 Å². The molecule has 0 atom stereocenters. The minimum atomic E-state index is 1.11. The van der Waals surface area contributed by atoms with E-state index in [9.17, 15) is 0 Å². The second-order valence-corrected chi connectivity index (χ2v) is 2.76. The molecule has 0 aliphatic rings. The van der Waals surface area contributed by atoms with Gasteiger partial charge in [-0.25, -0.2) is 0 Å². The predicted octanol–water partition coefficient (Wildman–Crippen LogP) is 2.59. The van der Waals surface area contributed by atoms with Crippen molar-refractivity contribution in [2.75, 3.05) is 4.43 Å². The predicted molar refractivity (Wildman–Crippen MR) is 46.4 cm³/mol. The van der Waals surface area contributed by atoms with Crippen molar-refractivity contribution in [3.05, 3.63) is 0 Å². The summed E-state index contributed by atoms with van der Waals surface area (Å²) in [5, 5.41) is 1.81. The number of alkyl halides is 1. The summed E-state index contributed by atoms with van der Waals surface area (Å²) in [6, 6.07) is 0. The molecule has 0 aromatic carbocycles. The Balaban J connectivity index is 2.56. The maximum absolute atomic E-state index is 4.64. The highest BCUT2D eigenvalue weighted by Crippen LogP contribution is 1.95. The molecule has 0 aliphatic carbocycles. The first-order valence-electron chi connectivity index (χ1n) is 2.41. The fourth-order valence-corrected chi connectivity index (χ4v) is 1.03. The standard InChI is InChI=1S/C5H9IS/c6-4-2-1-3-5-7/h5H,1-4H2. The smallest absolute Gasteiger partial charge is 0.000461 e. The molecule has 0 aromatic rings. The second kappa shape index (κ2) is 6.82. The van der Waals surface area contributed by atoms with E-state index in [1.165, 1.54) is 17.3 Å². The van der Waals surface area contributed by atoms with Crippen LogP contribution in [0.25, 0.3) is 0 Å². The van der Waals surface area contributed by atoms with Gasteiger partial charge < -0.3 is 0 Å². The molecule has 0 saturated heterocycles. The van der Waals surface area contributed by atoms with E-state index in [4.69, 9.17) is 0 Å². The third-order valence-corrected chi connectivity index (χ3v) is 1.70. The topological polar surface area (TPSA) is 0 Å². The van der Waals surface area contributed by atoms with Crippen molar-refractivity contribution in [3.63, 3.8) is 0 Å². The molecule has 0 aliphatic heterocycles. The SMILES string of the molecule is S=CCCCCI. The number of thiocarbonyl (C=S) groups is 1. The van der Waals surface area contributed by atoms with E-state index >= 15 is 0 Å². The maximum Gasteiger partial charge on any atom is -0.000461 e. The number of hydrogen-bond acceptors (Lipinski definition) is 1. The quantitative estimate of drug-likeness (QED) is 0.308. The van der Waals surface area contributed by atoms with Gasteiger partial charge >= 0.3 is 0 Å². The Bertz CT molecular complexity index is 45.3. The molecule has 0 spiro atoms. The summed E-state index contributed by atoms with van der Waals surface area (Å²) >= 11 is 7.02. The van der Waals surface area contributed by atoms with Crippen molar-refractivity contribution in [1.82, 2.24) is 0 Å². The highest BCUT2D eigenvalue weighted by Gasteiger charge is 1.79. The van der Waals surface area contributed by atoms with E-state index in [0.29, 0.717) is 0 Å². The number of unbranched alkanes of at least 4 members (excludes halogenated alkanes) is 2. The minimum absolute atomic E-state index is 1.11. The lowest BCUT2D eigenvalue weighted by Gasteiger charge is -1.85. The Morgan fingerprint density at radius 3 is 2.57 bits per heavy atom. The monoisotopic (exact) mass is 228 g/mol. The Labute approximate surface area is 63.8 Å². The lowest BCUT2D eigenvalue weighted by atomic mass is 10.3. The summed E-state index contributed by atoms with van der Waals surface area (Å²) in [6.45, 7) is 0. The summed E-state index contributed by atoms with van der Waals surface area (Å²) in [7, 11) is 0. The van der Waals surface area contributed by atoms with Gasteiger partial charge in [0.2, 0.25) is 0 Å². The molecular weight excluding hydrogens is 219 g/mol. The molecule has 0 heterocycles. The zero-order valence-corrected chi connectivity index (χ0v) is 7.17. The fraction of sp³-hybridized carbons (Fsp3) is 0.800. The van der Waals surface area contributed by atoms with E-state index in [1.807, 2.05) is 5.37 Å². The summed E-state index contributed by atoms with van der Waals surface area (Å²) < 4.78 is 1.26. The second-order valence-electron chi connectivity index (χ2n) is 1.35. The fourth-order valence-electron chi connectivity index (χ4n) is 0.322. The van der Waals surface area contributed by atoms with Crippen LogP contribution in [-0.2, 0) is 0 Å². The lowest BCUT2D eigenvalue weighted by Crippen LogP contribution is -1.74. The van der Waals surface area contributed by atoms with Gasteiger partial charge in [0.25, 0.3) is 0 Å². The third-order valence-electron chi connectivity index (χ3n) is 0.706.